The molecule has 1 aliphatic rings. The smallest absolute Gasteiger partial charge is 0.254 e. The summed E-state index contributed by atoms with van der Waals surface area (Å²) >= 11 is 0. The zero-order valence-corrected chi connectivity index (χ0v) is 6.85. The summed E-state index contributed by atoms with van der Waals surface area (Å²) in [5.41, 5.74) is 2.76. The molecular weight excluding hydrogens is 152 g/mol. The lowest BCUT2D eigenvalue weighted by Gasteiger charge is -2.18. The molecule has 0 saturated carbocycles. The minimum atomic E-state index is 0.00690. The molecule has 1 aromatic carbocycles. The molecule has 0 aromatic heterocycles. The predicted octanol–water partition coefficient (Wildman–Crippen LogP) is 1.11. The number of rotatable bonds is 0. The number of hydrogen-bond acceptors (Lipinski definition) is 2. The number of benzene rings is 1. The molecule has 0 radical (unpaired) electrons. The topological polar surface area (TPSA) is 41.1 Å². The van der Waals surface area contributed by atoms with Gasteiger partial charge in [-0.1, -0.05) is 11.6 Å². The van der Waals surface area contributed by atoms with Gasteiger partial charge in [-0.2, -0.15) is 0 Å². The quantitative estimate of drug-likeness (QED) is 0.600. The van der Waals surface area contributed by atoms with Gasteiger partial charge in [0.25, 0.3) is 5.91 Å². The number of hydrogen-bond donors (Lipinski definition) is 2. The summed E-state index contributed by atoms with van der Waals surface area (Å²) in [4.78, 5) is 11.3. The molecule has 1 aliphatic heterocycles. The van der Waals surface area contributed by atoms with Crippen molar-refractivity contribution in [2.75, 3.05) is 12.0 Å². The first-order valence-electron chi connectivity index (χ1n) is 3.90. The fourth-order valence-electron chi connectivity index (χ4n) is 1.32. The van der Waals surface area contributed by atoms with Crippen LogP contribution < -0.4 is 10.6 Å². The number of aryl methyl sites for hydroxylation is 1. The molecule has 12 heavy (non-hydrogen) atoms. The molecule has 0 saturated heterocycles. The molecule has 0 bridgehead atoms. The van der Waals surface area contributed by atoms with Gasteiger partial charge in [0.15, 0.2) is 0 Å². The summed E-state index contributed by atoms with van der Waals surface area (Å²) in [6.07, 6.45) is 0. The van der Waals surface area contributed by atoms with Crippen molar-refractivity contribution in [1.29, 1.82) is 0 Å². The molecule has 1 amide bonds. The normalized spacial score (nSPS) is 14.6. The number of fused-ring (bicyclic) bond motifs is 1. The fraction of sp³-hybridized carbons (Fsp3) is 0.222. The van der Waals surface area contributed by atoms with Gasteiger partial charge in [0.05, 0.1) is 12.2 Å². The number of nitrogens with one attached hydrogen (secondary N) is 2. The van der Waals surface area contributed by atoms with E-state index in [4.69, 9.17) is 0 Å². The summed E-state index contributed by atoms with van der Waals surface area (Å²) in [6, 6.07) is 5.81. The monoisotopic (exact) mass is 162 g/mol. The van der Waals surface area contributed by atoms with Crippen molar-refractivity contribution < 1.29 is 4.79 Å². The summed E-state index contributed by atoms with van der Waals surface area (Å²) in [6.45, 7) is 2.50. The number of amides is 1. The summed E-state index contributed by atoms with van der Waals surface area (Å²) < 4.78 is 0. The molecule has 0 fully saturated rings. The molecule has 1 aromatic rings. The van der Waals surface area contributed by atoms with E-state index < -0.39 is 0 Å². The Labute approximate surface area is 70.8 Å². The van der Waals surface area contributed by atoms with Gasteiger partial charge >= 0.3 is 0 Å². The molecule has 3 heteroatoms. The Morgan fingerprint density at radius 2 is 2.17 bits per heavy atom. The van der Waals surface area contributed by atoms with E-state index in [1.165, 1.54) is 0 Å². The molecular formula is C9H10N2O. The van der Waals surface area contributed by atoms with E-state index in [1.54, 1.807) is 0 Å². The zero-order valence-electron chi connectivity index (χ0n) is 6.85. The van der Waals surface area contributed by atoms with Crippen molar-refractivity contribution in [1.82, 2.24) is 5.32 Å². The van der Waals surface area contributed by atoms with Gasteiger partial charge in [0.2, 0.25) is 0 Å². The maximum atomic E-state index is 11.3. The van der Waals surface area contributed by atoms with Crippen molar-refractivity contribution in [2.24, 2.45) is 0 Å². The first-order chi connectivity index (χ1) is 5.77. The van der Waals surface area contributed by atoms with Crippen LogP contribution in [0.25, 0.3) is 0 Å². The SMILES string of the molecule is Cc1ccc2c(c1)C(=O)NCN2. The molecule has 62 valence electrons. The Morgan fingerprint density at radius 3 is 3.00 bits per heavy atom. The van der Waals surface area contributed by atoms with E-state index in [1.807, 2.05) is 25.1 Å². The average molecular weight is 162 g/mol. The van der Waals surface area contributed by atoms with Crippen molar-refractivity contribution in [2.45, 2.75) is 6.92 Å². The second-order valence-corrected chi connectivity index (χ2v) is 2.91. The van der Waals surface area contributed by atoms with Gasteiger partial charge in [0.1, 0.15) is 0 Å². The third-order valence-corrected chi connectivity index (χ3v) is 1.95. The van der Waals surface area contributed by atoms with Crippen molar-refractivity contribution in [3.05, 3.63) is 29.3 Å². The number of carbonyl (C=O) groups is 1. The van der Waals surface area contributed by atoms with Gasteiger partial charge < -0.3 is 10.6 Å². The van der Waals surface area contributed by atoms with Crippen molar-refractivity contribution in [3.8, 4) is 0 Å². The van der Waals surface area contributed by atoms with Gasteiger partial charge in [-0.25, -0.2) is 0 Å². The summed E-state index contributed by atoms with van der Waals surface area (Å²) in [7, 11) is 0. The highest BCUT2D eigenvalue weighted by Crippen LogP contribution is 2.18. The molecule has 2 rings (SSSR count). The standard InChI is InChI=1S/C9H10N2O/c1-6-2-3-8-7(4-6)9(12)11-5-10-8/h2-4,10H,5H2,1H3,(H,11,12). The lowest BCUT2D eigenvalue weighted by molar-refractivity contribution is 0.0952. The number of carbonyl (C=O) groups excluding carboxylic acids is 1. The average Bonchev–Trinajstić information content (AvgIpc) is 2.07. The van der Waals surface area contributed by atoms with Gasteiger partial charge in [-0.3, -0.25) is 4.79 Å². The van der Waals surface area contributed by atoms with Crippen LogP contribution in [0.3, 0.4) is 0 Å². The molecule has 0 spiro atoms. The maximum Gasteiger partial charge on any atom is 0.254 e. The minimum Gasteiger partial charge on any atom is -0.367 e. The molecule has 0 unspecified atom stereocenters. The van der Waals surface area contributed by atoms with Crippen LogP contribution in [0.15, 0.2) is 18.2 Å². The molecule has 0 aliphatic carbocycles. The minimum absolute atomic E-state index is 0.00690. The van der Waals surface area contributed by atoms with Gasteiger partial charge in [0, 0.05) is 5.69 Å². The Hall–Kier alpha value is -1.51. The molecule has 2 N–H and O–H groups in total. The lowest BCUT2D eigenvalue weighted by Crippen LogP contribution is -2.34. The van der Waals surface area contributed by atoms with Crippen LogP contribution in [0.4, 0.5) is 5.69 Å². The molecule has 3 nitrogen and oxygen atoms in total. The lowest BCUT2D eigenvalue weighted by atomic mass is 10.1. The Balaban J connectivity index is 2.54. The second kappa shape index (κ2) is 2.52. The second-order valence-electron chi connectivity index (χ2n) is 2.91. The van der Waals surface area contributed by atoms with Crippen LogP contribution in [0, 0.1) is 6.92 Å². The van der Waals surface area contributed by atoms with Crippen LogP contribution >= 0.6 is 0 Å². The Kier molecular flexibility index (Phi) is 1.50. The van der Waals surface area contributed by atoms with Crippen LogP contribution in [0.1, 0.15) is 15.9 Å². The van der Waals surface area contributed by atoms with Crippen LogP contribution in [-0.4, -0.2) is 12.6 Å². The highest BCUT2D eigenvalue weighted by molar-refractivity contribution is 6.01. The highest BCUT2D eigenvalue weighted by Gasteiger charge is 2.14. The van der Waals surface area contributed by atoms with Gasteiger partial charge in [-0.15, -0.1) is 0 Å². The van der Waals surface area contributed by atoms with Crippen LogP contribution in [0.5, 0.6) is 0 Å². The maximum absolute atomic E-state index is 11.3. The van der Waals surface area contributed by atoms with Crippen molar-refractivity contribution in [3.63, 3.8) is 0 Å². The first-order valence-corrected chi connectivity index (χ1v) is 3.90. The Morgan fingerprint density at radius 1 is 1.33 bits per heavy atom. The Bertz CT molecular complexity index is 333. The van der Waals surface area contributed by atoms with E-state index in [0.29, 0.717) is 6.67 Å². The summed E-state index contributed by atoms with van der Waals surface area (Å²) in [5, 5.41) is 5.80. The molecule has 0 atom stereocenters. The van der Waals surface area contributed by atoms with Crippen LogP contribution in [0.2, 0.25) is 0 Å². The van der Waals surface area contributed by atoms with E-state index in [0.717, 1.165) is 16.8 Å². The van der Waals surface area contributed by atoms with E-state index in [-0.39, 0.29) is 5.91 Å². The van der Waals surface area contributed by atoms with Crippen LogP contribution in [-0.2, 0) is 0 Å². The van der Waals surface area contributed by atoms with E-state index >= 15 is 0 Å². The van der Waals surface area contributed by atoms with Crippen molar-refractivity contribution >= 4 is 11.6 Å². The van der Waals surface area contributed by atoms with Gasteiger partial charge in [-0.05, 0) is 19.1 Å². The third kappa shape index (κ3) is 1.03. The third-order valence-electron chi connectivity index (χ3n) is 1.95. The fourth-order valence-corrected chi connectivity index (χ4v) is 1.32. The number of anilines is 1. The largest absolute Gasteiger partial charge is 0.367 e. The zero-order chi connectivity index (χ0) is 8.55. The molecule has 1 heterocycles. The first kappa shape index (κ1) is 7.16. The predicted molar refractivity (Wildman–Crippen MR) is 47.1 cm³/mol. The summed E-state index contributed by atoms with van der Waals surface area (Å²) in [5.74, 6) is 0.00690. The van der Waals surface area contributed by atoms with E-state index in [2.05, 4.69) is 10.6 Å². The highest BCUT2D eigenvalue weighted by atomic mass is 16.1. The van der Waals surface area contributed by atoms with E-state index in [9.17, 15) is 4.79 Å².